The lowest BCUT2D eigenvalue weighted by Gasteiger charge is -2.42. The van der Waals surface area contributed by atoms with Gasteiger partial charge in [0.15, 0.2) is 0 Å². The molecule has 66 heavy (non-hydrogen) atoms. The Morgan fingerprint density at radius 3 is 1.33 bits per heavy atom. The molecule has 0 aromatic heterocycles. The second-order valence-corrected chi connectivity index (χ2v) is 18.4. The van der Waals surface area contributed by atoms with Crippen molar-refractivity contribution in [3.63, 3.8) is 0 Å². The summed E-state index contributed by atoms with van der Waals surface area (Å²) in [6, 6.07) is 23.3. The molecule has 2 fully saturated rings. The number of halogens is 2. The summed E-state index contributed by atoms with van der Waals surface area (Å²) in [6.45, 7) is 15.9. The molecule has 2 saturated heterocycles. The lowest BCUT2D eigenvalue weighted by molar-refractivity contribution is -0.258. The van der Waals surface area contributed by atoms with Gasteiger partial charge in [0.25, 0.3) is 0 Å². The molecule has 0 unspecified atom stereocenters. The number of amides is 2. The van der Waals surface area contributed by atoms with Crippen molar-refractivity contribution in [3.8, 4) is 33.8 Å². The van der Waals surface area contributed by atoms with Gasteiger partial charge in [-0.3, -0.25) is 9.59 Å². The van der Waals surface area contributed by atoms with E-state index in [0.717, 1.165) is 35.1 Å². The van der Waals surface area contributed by atoms with Gasteiger partial charge in [-0.15, -0.1) is 0 Å². The SMILES string of the molecule is CC(=O)NCCc1ccc(O[C@@H]2O[C@H](CC(C)C)[C@H](C)[C@@H](O)[C@H]2O)cc1-c1cccc(F)c1.CC(=O)NCCc1ccc(O[C@H]2O[C@H](CC(C)C)[C@H](C)[C@@H](O)[C@H]2O)cc1-c1cccc(F)c1.[3HH].[3H][3H].[3H][3H].[3H][3H].[3H][3H].[3H][3H].[3H][3H].[3H][3H].[3H][3H].[3H][3H].[3H][3H].[3H][3H].[3H][3H].[3H][3H].[3H][3H].[3H][3H].[3H][3H].[3H][3H].[3H][3H].[3H][3H].[3H][3H].[3H][3H].[3H][3H].[3H][3H].[3H][3H].[3H][3H].[3H][3H].[3H][3H].[3H][3H].[3H][3H].[3H][3H].[3H][3H].[3H][3H].[3H][3H].[3H][3H].[3H][3H].[3H][3H].[3H][3H].[3H][3H].[3H][3H].[3H][3H].[3H][3H].[3H][3H].[3H][3H].[3H][3H].[3H][3H]. The summed E-state index contributed by atoms with van der Waals surface area (Å²) in [5, 5.41) is 47.8. The molecule has 2 amide bonds. The van der Waals surface area contributed by atoms with Crippen LogP contribution >= 0.6 is 0 Å². The van der Waals surface area contributed by atoms with Crippen molar-refractivity contribution >= 4 is 11.8 Å². The van der Waals surface area contributed by atoms with Crippen LogP contribution in [0, 0.1) is 35.3 Å². The van der Waals surface area contributed by atoms with Crippen molar-refractivity contribution in [1.29, 1.82) is 0 Å². The van der Waals surface area contributed by atoms with Gasteiger partial charge in [-0.05, 0) is 119 Å². The van der Waals surface area contributed by atoms with Crippen LogP contribution in [-0.4, -0.2) is 94.5 Å². The van der Waals surface area contributed by atoms with E-state index in [4.69, 9.17) is 153 Å². The Bertz CT molecular complexity index is 2210. The molecular weight excluding hydrogens is 851 g/mol. The molecule has 6 rings (SSSR count). The Morgan fingerprint density at radius 1 is 0.621 bits per heavy atom. The van der Waals surface area contributed by atoms with E-state index in [-0.39, 0.29) is 48.9 Å². The number of carbonyl (C=O) groups is 2. The summed E-state index contributed by atoms with van der Waals surface area (Å²) in [5.41, 5.74) is 4.70. The van der Waals surface area contributed by atoms with Gasteiger partial charge in [0, 0.05) is 174 Å². The Balaban J connectivity index is -0.0000000246. The van der Waals surface area contributed by atoms with E-state index in [0.29, 0.717) is 60.4 Å². The average molecular weight is 1190 g/mol. The highest BCUT2D eigenvalue weighted by molar-refractivity contribution is 5.74. The predicted molar refractivity (Wildman–Crippen MR) is 346 cm³/mol. The molecular formula is C52H160F2N2O10. The number of nitrogens with one attached hydrogen (secondary N) is 2. The summed E-state index contributed by atoms with van der Waals surface area (Å²) in [4.78, 5) is 22.5. The molecule has 4 aromatic carbocycles. The molecule has 6 N–H and O–H groups in total. The predicted octanol–water partition coefficient (Wildman–Crippen LogP) is 18.7. The van der Waals surface area contributed by atoms with Gasteiger partial charge in [-0.1, -0.05) is 77.9 Å². The Kier molecular flexibility index (Phi) is 6.66. The second kappa shape index (κ2) is 24.2. The lowest BCUT2D eigenvalue weighted by atomic mass is 9.86. The number of rotatable bonds is 16. The van der Waals surface area contributed by atoms with Gasteiger partial charge in [-0.25, -0.2) is 8.78 Å². The lowest BCUT2D eigenvalue weighted by Crippen LogP contribution is -2.55. The van der Waals surface area contributed by atoms with Crippen LogP contribution in [0.2, 0.25) is 0 Å². The van der Waals surface area contributed by atoms with Crippen molar-refractivity contribution in [2.45, 2.75) is 130 Å². The van der Waals surface area contributed by atoms with E-state index in [9.17, 15) is 38.8 Å². The fourth-order valence-corrected chi connectivity index (χ4v) is 8.36. The number of benzene rings is 4. The third-order valence-corrected chi connectivity index (χ3v) is 12.0. The Hall–Kier alpha value is -4.96. The third kappa shape index (κ3) is 14.5. The van der Waals surface area contributed by atoms with E-state index in [2.05, 4.69) is 38.3 Å². The van der Waals surface area contributed by atoms with Crippen LogP contribution in [0.25, 0.3) is 22.3 Å². The fraction of sp³-hybridized carbons (Fsp3) is 0.500. The van der Waals surface area contributed by atoms with Gasteiger partial charge < -0.3 is 50.0 Å². The van der Waals surface area contributed by atoms with Crippen LogP contribution in [0.5, 0.6) is 11.5 Å². The minimum atomic E-state index is -1.19. The summed E-state index contributed by atoms with van der Waals surface area (Å²) in [6.07, 6.45) is -4.26. The molecule has 4 aromatic rings. The zero-order valence-corrected chi connectivity index (χ0v) is 39.2. The first-order valence-electron chi connectivity index (χ1n) is 67.9. The molecule has 0 spiro atoms. The minimum absolute atomic E-state index is 0. The molecule has 452 valence electrons. The van der Waals surface area contributed by atoms with Crippen LogP contribution in [0.4, 0.5) is 8.78 Å². The number of carbonyl (C=O) groups excluding carboxylic acids is 2. The van der Waals surface area contributed by atoms with Crippen molar-refractivity contribution in [3.05, 3.63) is 108 Å². The topological polar surface area (TPSA) is 176 Å². The number of aliphatic hydroxyl groups excluding tert-OH is 4. The van der Waals surface area contributed by atoms with Gasteiger partial charge in [-0.2, -0.15) is 0 Å². The van der Waals surface area contributed by atoms with Gasteiger partial charge >= 0.3 is 0 Å². The molecule has 14 heteroatoms. The molecule has 2 aliphatic rings. The van der Waals surface area contributed by atoms with Gasteiger partial charge in [0.1, 0.15) is 35.3 Å². The molecule has 10 atom stereocenters. The maximum atomic E-state index is 13.9. The maximum absolute atomic E-state index is 13.9. The van der Waals surface area contributed by atoms with Gasteiger partial charge in [0.2, 0.25) is 24.4 Å². The zero-order chi connectivity index (χ0) is 138. The normalized spacial score (nSPS) is 30.6. The highest BCUT2D eigenvalue weighted by Gasteiger charge is 2.44. The number of hydrogen-bond donors (Lipinski definition) is 6. The van der Waals surface area contributed by atoms with Gasteiger partial charge in [0.05, 0.1) is 24.4 Å². The van der Waals surface area contributed by atoms with E-state index in [1.54, 1.807) is 48.5 Å². The Labute approximate surface area is 528 Å². The van der Waals surface area contributed by atoms with E-state index >= 15 is 0 Å². The molecule has 0 saturated carbocycles. The fourth-order valence-electron chi connectivity index (χ4n) is 8.36. The first kappa shape index (κ1) is 18.2. The van der Waals surface area contributed by atoms with Crippen molar-refractivity contribution in [1.82, 2.24) is 10.6 Å². The van der Waals surface area contributed by atoms with Crippen LogP contribution in [0.3, 0.4) is 0 Å². The highest BCUT2D eigenvalue weighted by atomic mass is 19.1. The van der Waals surface area contributed by atoms with Crippen molar-refractivity contribution in [2.24, 2.45) is 23.7 Å². The molecule has 0 radical (unpaired) electrons. The zero-order valence-electron chi connectivity index (χ0n) is 129. The van der Waals surface area contributed by atoms with Crippen LogP contribution in [-0.2, 0) is 31.9 Å². The summed E-state index contributed by atoms with van der Waals surface area (Å²) in [5.74, 6) is 0.216. The first-order valence-corrected chi connectivity index (χ1v) is 22.9. The second-order valence-electron chi connectivity index (χ2n) is 18.4. The summed E-state index contributed by atoms with van der Waals surface area (Å²) < 4.78 is 502. The number of aliphatic hydroxyl groups is 4. The van der Waals surface area contributed by atoms with E-state index in [1.165, 1.54) is 38.1 Å². The smallest absolute Gasteiger partial charge is 0.228 e. The number of ether oxygens (including phenoxy) is 4. The quantitative estimate of drug-likeness (QED) is 0.0633. The van der Waals surface area contributed by atoms with Crippen LogP contribution in [0.15, 0.2) is 84.9 Å². The largest absolute Gasteiger partial charge is 0.462 e. The van der Waals surface area contributed by atoms with Crippen molar-refractivity contribution < 1.29 is 193 Å². The highest BCUT2D eigenvalue weighted by Crippen LogP contribution is 2.36. The molecule has 12 nitrogen and oxygen atoms in total. The van der Waals surface area contributed by atoms with E-state index in [1.807, 2.05) is 26.0 Å². The van der Waals surface area contributed by atoms with E-state index < -0.39 is 37.0 Å². The number of hydrogen-bond acceptors (Lipinski definition) is 10. The van der Waals surface area contributed by atoms with Crippen LogP contribution in [0.1, 0.15) is 214 Å². The molecule has 0 aliphatic carbocycles. The molecule has 2 aliphatic heterocycles. The Morgan fingerprint density at radius 2 is 1.00 bits per heavy atom. The maximum Gasteiger partial charge on any atom is 0.228 e. The minimum Gasteiger partial charge on any atom is -0.462 e. The van der Waals surface area contributed by atoms with Crippen LogP contribution < -0.4 is 20.1 Å². The average Bonchev–Trinajstić information content (AvgIpc) is 0.801. The third-order valence-electron chi connectivity index (χ3n) is 12.0. The standard InChI is InChI=1S/2C26H34FNO5.46H2/c2*1-15(2)12-23-16(3)24(30)25(31)26(33-23)32-21-9-8-18(10-11-28-17(4)29)22(14-21)19-6-5-7-20(27)13-19;;;;;;;;;;;;;;;;;;;;;;;;;;;;;;;;;;;;;;;;;;;;;;/h2*5-9,13-16,23-26,30-31H,10-12H2,1-4H3,(H,28,29);46*1H/t16-,23+,24+,25+,26+;16-,23+,24+,25+,26-;;;;;;;;;;;;;;;;;;;;;;;;;;;;;;;;;;;;;;;;;;;;;;/m00............................................../s1/i;;45*1+2T;1+2. The summed E-state index contributed by atoms with van der Waals surface area (Å²) in [7, 11) is 0. The first-order chi connectivity index (χ1) is 76.3. The summed E-state index contributed by atoms with van der Waals surface area (Å²) >= 11 is 0. The molecule has 2 heterocycles. The monoisotopic (exact) mass is 1190 g/mol. The molecule has 0 bridgehead atoms. The van der Waals surface area contributed by atoms with Crippen molar-refractivity contribution in [2.75, 3.05) is 13.1 Å².